The van der Waals surface area contributed by atoms with E-state index in [0.717, 1.165) is 12.0 Å². The van der Waals surface area contributed by atoms with E-state index in [2.05, 4.69) is 5.32 Å². The molecule has 0 spiro atoms. The highest BCUT2D eigenvalue weighted by molar-refractivity contribution is 5.99. The van der Waals surface area contributed by atoms with E-state index in [1.54, 1.807) is 18.1 Å². The van der Waals surface area contributed by atoms with Crippen molar-refractivity contribution < 1.29 is 23.5 Å². The number of hydrogen-bond acceptors (Lipinski definition) is 4. The summed E-state index contributed by atoms with van der Waals surface area (Å²) in [6.45, 7) is 1.19. The van der Waals surface area contributed by atoms with Gasteiger partial charge in [0, 0.05) is 19.6 Å². The Morgan fingerprint density at radius 2 is 1.73 bits per heavy atom. The van der Waals surface area contributed by atoms with E-state index in [4.69, 9.17) is 4.74 Å². The van der Waals surface area contributed by atoms with Gasteiger partial charge in [0.1, 0.15) is 23.7 Å². The second kappa shape index (κ2) is 10.0. The maximum absolute atomic E-state index is 14.2. The Kier molecular flexibility index (Phi) is 6.91. The summed E-state index contributed by atoms with van der Waals surface area (Å²) in [5.74, 6) is -0.830. The van der Waals surface area contributed by atoms with Gasteiger partial charge in [-0.2, -0.15) is 0 Å². The quantitative estimate of drug-likeness (QED) is 0.730. The Bertz CT molecular complexity index is 1040. The monoisotopic (exact) mass is 453 g/mol. The van der Waals surface area contributed by atoms with Gasteiger partial charge in [-0.15, -0.1) is 0 Å². The van der Waals surface area contributed by atoms with Crippen molar-refractivity contribution in [1.29, 1.82) is 0 Å². The third-order valence-electron chi connectivity index (χ3n) is 6.34. The van der Waals surface area contributed by atoms with E-state index < -0.39 is 23.8 Å². The van der Waals surface area contributed by atoms with E-state index in [1.165, 1.54) is 23.1 Å². The third kappa shape index (κ3) is 4.84. The van der Waals surface area contributed by atoms with Crippen LogP contribution >= 0.6 is 0 Å². The molecule has 3 amide bonds. The summed E-state index contributed by atoms with van der Waals surface area (Å²) in [6.07, 6.45) is 2.46. The van der Waals surface area contributed by atoms with E-state index in [-0.39, 0.29) is 17.4 Å². The topological polar surface area (TPSA) is 79.0 Å². The van der Waals surface area contributed by atoms with Gasteiger partial charge >= 0.3 is 0 Å². The van der Waals surface area contributed by atoms with Gasteiger partial charge in [-0.3, -0.25) is 14.4 Å². The van der Waals surface area contributed by atoms with Gasteiger partial charge in [-0.25, -0.2) is 4.39 Å². The van der Waals surface area contributed by atoms with Crippen LogP contribution in [0.25, 0.3) is 0 Å². The molecule has 2 aliphatic rings. The molecule has 2 saturated heterocycles. The molecule has 0 aromatic heterocycles. The summed E-state index contributed by atoms with van der Waals surface area (Å²) < 4.78 is 19.4. The van der Waals surface area contributed by atoms with Gasteiger partial charge in [0.25, 0.3) is 5.91 Å². The largest absolute Gasteiger partial charge is 0.497 e. The lowest BCUT2D eigenvalue weighted by molar-refractivity contribution is -0.141. The lowest BCUT2D eigenvalue weighted by atomic mass is 10.1. The number of amides is 3. The first-order valence-electron chi connectivity index (χ1n) is 11.3. The molecule has 8 heteroatoms. The minimum absolute atomic E-state index is 0.0359. The molecule has 4 rings (SSSR count). The van der Waals surface area contributed by atoms with Crippen LogP contribution in [0.1, 0.15) is 41.6 Å². The second-order valence-corrected chi connectivity index (χ2v) is 8.40. The van der Waals surface area contributed by atoms with Crippen molar-refractivity contribution >= 4 is 17.7 Å². The van der Waals surface area contributed by atoms with Crippen LogP contribution in [0.15, 0.2) is 48.5 Å². The number of rotatable bonds is 6. The van der Waals surface area contributed by atoms with Gasteiger partial charge in [0.15, 0.2) is 0 Å². The molecule has 1 N–H and O–H groups in total. The summed E-state index contributed by atoms with van der Waals surface area (Å²) in [5.41, 5.74) is 0.863. The predicted molar refractivity (Wildman–Crippen MR) is 120 cm³/mol. The minimum atomic E-state index is -0.677. The Hall–Kier alpha value is -3.42. The SMILES string of the molecule is COc1cccc(CNC(=O)[C@H]2CCCN2C(=O)[C@H]2CCCN2C(=O)c2ccccc2F)c1. The predicted octanol–water partition coefficient (Wildman–Crippen LogP) is 2.75. The lowest BCUT2D eigenvalue weighted by Gasteiger charge is -2.31. The third-order valence-corrected chi connectivity index (χ3v) is 6.34. The molecule has 2 heterocycles. The zero-order valence-corrected chi connectivity index (χ0v) is 18.6. The van der Waals surface area contributed by atoms with Crippen molar-refractivity contribution in [3.8, 4) is 5.75 Å². The summed E-state index contributed by atoms with van der Waals surface area (Å²) in [7, 11) is 1.59. The van der Waals surface area contributed by atoms with Crippen molar-refractivity contribution in [1.82, 2.24) is 15.1 Å². The molecule has 2 aliphatic heterocycles. The normalized spacial score (nSPS) is 20.1. The first-order chi connectivity index (χ1) is 16.0. The highest BCUT2D eigenvalue weighted by atomic mass is 19.1. The Labute approximate surface area is 192 Å². The molecule has 2 aromatic rings. The molecule has 0 unspecified atom stereocenters. The number of ether oxygens (including phenoxy) is 1. The number of carbonyl (C=O) groups is 3. The van der Waals surface area contributed by atoms with Crippen molar-refractivity contribution in [2.45, 2.75) is 44.3 Å². The number of benzene rings is 2. The van der Waals surface area contributed by atoms with Crippen LogP contribution in [-0.2, 0) is 16.1 Å². The number of halogens is 1. The fourth-order valence-corrected chi connectivity index (χ4v) is 4.64. The molecule has 7 nitrogen and oxygen atoms in total. The molecule has 0 radical (unpaired) electrons. The van der Waals surface area contributed by atoms with Crippen LogP contribution in [0, 0.1) is 5.82 Å². The van der Waals surface area contributed by atoms with E-state index in [1.807, 2.05) is 24.3 Å². The number of carbonyl (C=O) groups excluding carboxylic acids is 3. The second-order valence-electron chi connectivity index (χ2n) is 8.40. The molecule has 0 bridgehead atoms. The lowest BCUT2D eigenvalue weighted by Crippen LogP contribution is -2.52. The zero-order chi connectivity index (χ0) is 23.4. The molecule has 0 aliphatic carbocycles. The highest BCUT2D eigenvalue weighted by Gasteiger charge is 2.42. The molecule has 2 fully saturated rings. The molecular weight excluding hydrogens is 425 g/mol. The Morgan fingerprint density at radius 3 is 2.48 bits per heavy atom. The number of nitrogens with one attached hydrogen (secondary N) is 1. The summed E-state index contributed by atoms with van der Waals surface area (Å²) in [4.78, 5) is 42.3. The average Bonchev–Trinajstić information content (AvgIpc) is 3.52. The molecule has 2 atom stereocenters. The standard InChI is InChI=1S/C25H28FN3O4/c1-33-18-8-4-7-17(15-18)16-27-23(30)21-11-5-13-28(21)25(32)22-12-6-14-29(22)24(31)19-9-2-3-10-20(19)26/h2-4,7-10,15,21-22H,5-6,11-14,16H2,1H3,(H,27,30)/t21-,22-/m1/s1. The molecule has 0 saturated carbocycles. The fraction of sp³-hybridized carbons (Fsp3) is 0.400. The van der Waals surface area contributed by atoms with Crippen molar-refractivity contribution in [2.24, 2.45) is 0 Å². The number of methoxy groups -OCH3 is 1. The van der Waals surface area contributed by atoms with Gasteiger partial charge in [0.05, 0.1) is 12.7 Å². The molecular formula is C25H28FN3O4. The Balaban J connectivity index is 1.42. The van der Waals surface area contributed by atoms with Crippen molar-refractivity contribution in [2.75, 3.05) is 20.2 Å². The molecule has 174 valence electrons. The summed E-state index contributed by atoms with van der Waals surface area (Å²) >= 11 is 0. The average molecular weight is 454 g/mol. The van der Waals surface area contributed by atoms with E-state index in [0.29, 0.717) is 44.6 Å². The first-order valence-corrected chi connectivity index (χ1v) is 11.3. The van der Waals surface area contributed by atoms with Crippen molar-refractivity contribution in [3.63, 3.8) is 0 Å². The maximum atomic E-state index is 14.2. The van der Waals surface area contributed by atoms with Gasteiger partial charge < -0.3 is 19.9 Å². The Morgan fingerprint density at radius 1 is 1.00 bits per heavy atom. The summed E-state index contributed by atoms with van der Waals surface area (Å²) in [6, 6.07) is 12.0. The van der Waals surface area contributed by atoms with E-state index >= 15 is 0 Å². The number of likely N-dealkylation sites (tertiary alicyclic amines) is 2. The smallest absolute Gasteiger partial charge is 0.257 e. The first kappa shape index (κ1) is 22.8. The van der Waals surface area contributed by atoms with Crippen LogP contribution in [0.2, 0.25) is 0 Å². The zero-order valence-electron chi connectivity index (χ0n) is 18.6. The highest BCUT2D eigenvalue weighted by Crippen LogP contribution is 2.27. The fourth-order valence-electron chi connectivity index (χ4n) is 4.64. The molecule has 33 heavy (non-hydrogen) atoms. The van der Waals surface area contributed by atoms with Crippen LogP contribution in [0.4, 0.5) is 4.39 Å². The van der Waals surface area contributed by atoms with Crippen molar-refractivity contribution in [3.05, 3.63) is 65.5 Å². The maximum Gasteiger partial charge on any atom is 0.257 e. The van der Waals surface area contributed by atoms with Gasteiger partial charge in [-0.05, 0) is 55.5 Å². The number of hydrogen-bond donors (Lipinski definition) is 1. The van der Waals surface area contributed by atoms with Crippen LogP contribution in [0.5, 0.6) is 5.75 Å². The van der Waals surface area contributed by atoms with Crippen LogP contribution < -0.4 is 10.1 Å². The molecule has 2 aromatic carbocycles. The summed E-state index contributed by atoms with van der Waals surface area (Å²) in [5, 5.41) is 2.92. The van der Waals surface area contributed by atoms with Crippen LogP contribution in [0.3, 0.4) is 0 Å². The van der Waals surface area contributed by atoms with Crippen LogP contribution in [-0.4, -0.2) is 59.8 Å². The van der Waals surface area contributed by atoms with E-state index in [9.17, 15) is 18.8 Å². The minimum Gasteiger partial charge on any atom is -0.497 e. The van der Waals surface area contributed by atoms with Gasteiger partial charge in [0.2, 0.25) is 11.8 Å². The number of nitrogens with zero attached hydrogens (tertiary/aromatic N) is 2. The van der Waals surface area contributed by atoms with Gasteiger partial charge in [-0.1, -0.05) is 24.3 Å².